The summed E-state index contributed by atoms with van der Waals surface area (Å²) in [7, 11) is -1.58. The Morgan fingerprint density at radius 3 is 2.57 bits per heavy atom. The van der Waals surface area contributed by atoms with Crippen LogP contribution >= 0.6 is 0 Å². The predicted molar refractivity (Wildman–Crippen MR) is 134 cm³/mol. The summed E-state index contributed by atoms with van der Waals surface area (Å²) in [5, 5.41) is 5.83. The number of piperidine rings is 1. The molecule has 0 aliphatic carbocycles. The van der Waals surface area contributed by atoms with Crippen LogP contribution in [0.25, 0.3) is 0 Å². The number of nitrogens with one attached hydrogen (secondary N) is 2. The zero-order valence-corrected chi connectivity index (χ0v) is 21.6. The fourth-order valence-corrected chi connectivity index (χ4v) is 6.04. The van der Waals surface area contributed by atoms with Gasteiger partial charge >= 0.3 is 0 Å². The quantitative estimate of drug-likeness (QED) is 0.517. The first-order valence-corrected chi connectivity index (χ1v) is 14.2. The van der Waals surface area contributed by atoms with Crippen molar-refractivity contribution in [3.05, 3.63) is 30.3 Å². The second-order valence-corrected chi connectivity index (χ2v) is 11.4. The van der Waals surface area contributed by atoms with Crippen molar-refractivity contribution < 1.29 is 22.7 Å². The van der Waals surface area contributed by atoms with Gasteiger partial charge in [0, 0.05) is 58.2 Å². The first-order valence-electron chi connectivity index (χ1n) is 12.8. The zero-order valence-electron chi connectivity index (χ0n) is 20.8. The van der Waals surface area contributed by atoms with Crippen molar-refractivity contribution in [2.45, 2.75) is 55.9 Å². The van der Waals surface area contributed by atoms with E-state index in [0.29, 0.717) is 45.1 Å². The summed E-state index contributed by atoms with van der Waals surface area (Å²) >= 11 is 0. The maximum absolute atomic E-state index is 13.1. The third-order valence-electron chi connectivity index (χ3n) is 6.75. The molecule has 2 heterocycles. The average molecular weight is 509 g/mol. The van der Waals surface area contributed by atoms with Gasteiger partial charge < -0.3 is 20.3 Å². The van der Waals surface area contributed by atoms with E-state index < -0.39 is 10.0 Å². The zero-order chi connectivity index (χ0) is 25.1. The molecular weight excluding hydrogens is 468 g/mol. The molecule has 35 heavy (non-hydrogen) atoms. The normalized spacial score (nSPS) is 22.2. The van der Waals surface area contributed by atoms with Crippen LogP contribution in [0.2, 0.25) is 0 Å². The highest BCUT2D eigenvalue weighted by atomic mass is 32.2. The smallest absolute Gasteiger partial charge is 0.243 e. The van der Waals surface area contributed by atoms with Gasteiger partial charge in [0.2, 0.25) is 21.8 Å². The molecule has 2 aliphatic rings. The molecule has 2 N–H and O–H groups in total. The number of sulfonamides is 1. The number of nitrogens with zero attached hydrogens (tertiary/aromatic N) is 2. The molecule has 0 radical (unpaired) electrons. The van der Waals surface area contributed by atoms with Gasteiger partial charge in [-0.3, -0.25) is 9.59 Å². The molecule has 10 heteroatoms. The summed E-state index contributed by atoms with van der Waals surface area (Å²) in [5.41, 5.74) is 0. The van der Waals surface area contributed by atoms with E-state index in [9.17, 15) is 18.0 Å². The molecule has 2 aliphatic heterocycles. The van der Waals surface area contributed by atoms with E-state index in [0.717, 1.165) is 32.4 Å². The Morgan fingerprint density at radius 2 is 1.83 bits per heavy atom. The number of rotatable bonds is 8. The molecule has 0 bridgehead atoms. The molecule has 1 atom stereocenters. The minimum absolute atomic E-state index is 0.0461. The maximum Gasteiger partial charge on any atom is 0.243 e. The van der Waals surface area contributed by atoms with Gasteiger partial charge in [0.1, 0.15) is 0 Å². The van der Waals surface area contributed by atoms with Crippen LogP contribution in [0.15, 0.2) is 35.2 Å². The number of carbonyl (C=O) groups is 2. The van der Waals surface area contributed by atoms with E-state index in [2.05, 4.69) is 22.6 Å². The molecule has 2 fully saturated rings. The van der Waals surface area contributed by atoms with Gasteiger partial charge in [-0.25, -0.2) is 8.42 Å². The maximum atomic E-state index is 13.1. The highest BCUT2D eigenvalue weighted by Crippen LogP contribution is 2.19. The Hall–Kier alpha value is -2.01. The highest BCUT2D eigenvalue weighted by Gasteiger charge is 2.27. The highest BCUT2D eigenvalue weighted by molar-refractivity contribution is 7.89. The summed E-state index contributed by atoms with van der Waals surface area (Å²) in [6, 6.07) is 8.26. The fourth-order valence-electron chi connectivity index (χ4n) is 4.54. The van der Waals surface area contributed by atoms with Crippen molar-refractivity contribution in [2.75, 3.05) is 52.9 Å². The SMILES string of the molecule is CN1CCC(OCCCNC(=O)C2CCCN(S(=O)(=O)c3ccccc3)CCC(=O)NCC2)CC1. The van der Waals surface area contributed by atoms with E-state index in [1.54, 1.807) is 30.3 Å². The molecule has 1 aromatic rings. The van der Waals surface area contributed by atoms with Crippen molar-refractivity contribution in [3.8, 4) is 0 Å². The topological polar surface area (TPSA) is 108 Å². The van der Waals surface area contributed by atoms with Crippen LogP contribution in [-0.2, 0) is 24.3 Å². The largest absolute Gasteiger partial charge is 0.378 e. The van der Waals surface area contributed by atoms with Gasteiger partial charge in [0.05, 0.1) is 11.0 Å². The Balaban J connectivity index is 1.47. The summed E-state index contributed by atoms with van der Waals surface area (Å²) in [6.45, 7) is 4.09. The second kappa shape index (κ2) is 13.9. The van der Waals surface area contributed by atoms with Gasteiger partial charge in [0.25, 0.3) is 0 Å². The summed E-state index contributed by atoms with van der Waals surface area (Å²) in [4.78, 5) is 27.6. The van der Waals surface area contributed by atoms with Crippen molar-refractivity contribution in [1.82, 2.24) is 19.8 Å². The molecule has 1 aromatic carbocycles. The third kappa shape index (κ3) is 8.86. The van der Waals surface area contributed by atoms with Crippen LogP contribution in [0.3, 0.4) is 0 Å². The molecule has 1 unspecified atom stereocenters. The van der Waals surface area contributed by atoms with Crippen molar-refractivity contribution in [3.63, 3.8) is 0 Å². The molecule has 196 valence electrons. The molecule has 2 saturated heterocycles. The second-order valence-electron chi connectivity index (χ2n) is 9.46. The van der Waals surface area contributed by atoms with Crippen LogP contribution in [0.5, 0.6) is 0 Å². The number of ether oxygens (including phenoxy) is 1. The number of likely N-dealkylation sites (tertiary alicyclic amines) is 1. The predicted octanol–water partition coefficient (Wildman–Crippen LogP) is 1.60. The van der Waals surface area contributed by atoms with E-state index in [-0.39, 0.29) is 42.1 Å². The monoisotopic (exact) mass is 508 g/mol. The first-order chi connectivity index (χ1) is 16.9. The number of hydrogen-bond acceptors (Lipinski definition) is 6. The van der Waals surface area contributed by atoms with E-state index >= 15 is 0 Å². The summed E-state index contributed by atoms with van der Waals surface area (Å²) in [6.07, 6.45) is 4.91. The molecule has 2 amide bonds. The lowest BCUT2D eigenvalue weighted by Gasteiger charge is -2.28. The molecule has 0 aromatic heterocycles. The van der Waals surface area contributed by atoms with Gasteiger partial charge in [-0.2, -0.15) is 4.31 Å². The number of hydrogen-bond donors (Lipinski definition) is 2. The van der Waals surface area contributed by atoms with Crippen LogP contribution < -0.4 is 10.6 Å². The lowest BCUT2D eigenvalue weighted by molar-refractivity contribution is -0.126. The van der Waals surface area contributed by atoms with Crippen molar-refractivity contribution in [1.29, 1.82) is 0 Å². The minimum atomic E-state index is -3.70. The van der Waals surface area contributed by atoms with Crippen LogP contribution in [0.1, 0.15) is 44.9 Å². The van der Waals surface area contributed by atoms with Gasteiger partial charge in [-0.15, -0.1) is 0 Å². The molecule has 3 rings (SSSR count). The lowest BCUT2D eigenvalue weighted by atomic mass is 9.98. The Morgan fingerprint density at radius 1 is 1.09 bits per heavy atom. The van der Waals surface area contributed by atoms with Crippen LogP contribution in [-0.4, -0.2) is 88.5 Å². The van der Waals surface area contributed by atoms with Crippen LogP contribution in [0.4, 0.5) is 0 Å². The number of benzene rings is 1. The van der Waals surface area contributed by atoms with Gasteiger partial charge in [-0.05, 0) is 57.7 Å². The standard InChI is InChI=1S/C25H40N4O5S/c1-28-17-11-22(12-18-28)34-20-6-14-27-25(31)21-7-5-16-29(19-13-24(30)26-15-10-21)35(32,33)23-8-3-2-4-9-23/h2-4,8-9,21-22H,5-7,10-20H2,1H3,(H,26,30)(H,27,31). The summed E-state index contributed by atoms with van der Waals surface area (Å²) in [5.74, 6) is -0.523. The van der Waals surface area contributed by atoms with E-state index in [1.165, 1.54) is 4.31 Å². The van der Waals surface area contributed by atoms with Gasteiger partial charge in [0.15, 0.2) is 0 Å². The fraction of sp³-hybridized carbons (Fsp3) is 0.680. The third-order valence-corrected chi connectivity index (χ3v) is 8.67. The summed E-state index contributed by atoms with van der Waals surface area (Å²) < 4.78 is 33.5. The van der Waals surface area contributed by atoms with Crippen molar-refractivity contribution >= 4 is 21.8 Å². The molecule has 0 saturated carbocycles. The number of amides is 2. The van der Waals surface area contributed by atoms with E-state index in [4.69, 9.17) is 4.74 Å². The van der Waals surface area contributed by atoms with Gasteiger partial charge in [-0.1, -0.05) is 18.2 Å². The Kier molecular flexibility index (Phi) is 11.0. The number of carbonyl (C=O) groups excluding carboxylic acids is 2. The minimum Gasteiger partial charge on any atom is -0.378 e. The average Bonchev–Trinajstić information content (AvgIpc) is 2.90. The van der Waals surface area contributed by atoms with E-state index in [1.807, 2.05) is 0 Å². The molecular formula is C25H40N4O5S. The first kappa shape index (κ1) is 27.6. The molecule has 9 nitrogen and oxygen atoms in total. The Bertz CT molecular complexity index is 904. The van der Waals surface area contributed by atoms with Crippen LogP contribution in [0, 0.1) is 5.92 Å². The lowest BCUT2D eigenvalue weighted by Crippen LogP contribution is -2.36. The Labute approximate surface area is 209 Å². The van der Waals surface area contributed by atoms with Crippen molar-refractivity contribution in [2.24, 2.45) is 5.92 Å². The molecule has 0 spiro atoms.